The summed E-state index contributed by atoms with van der Waals surface area (Å²) in [5, 5.41) is 57.9. The second-order valence-corrected chi connectivity index (χ2v) is 6.54. The number of hydrogen-bond donors (Lipinski definition) is 6. The molecule has 0 radical (unpaired) electrons. The molecule has 0 spiro atoms. The molecule has 27 heavy (non-hydrogen) atoms. The molecule has 0 heterocycles. The normalized spacial score (nSPS) is 11.1. The number of hydrogen-bond acceptors (Lipinski definition) is 6. The maximum Gasteiger partial charge on any atom is 0.126 e. The lowest BCUT2D eigenvalue weighted by Gasteiger charge is -2.29. The second kappa shape index (κ2) is 10.8. The van der Waals surface area contributed by atoms with Gasteiger partial charge in [-0.25, -0.2) is 0 Å². The molecule has 0 aliphatic rings. The first-order chi connectivity index (χ1) is 12.8. The Hall–Kier alpha value is -0.660. The van der Waals surface area contributed by atoms with Gasteiger partial charge in [0.2, 0.25) is 0 Å². The molecule has 0 atom stereocenters. The van der Waals surface area contributed by atoms with Gasteiger partial charge in [0.05, 0.1) is 26.4 Å². The number of aliphatic hydroxyl groups excluding tert-OH is 4. The second-order valence-electron chi connectivity index (χ2n) is 6.54. The molecule has 0 fully saturated rings. The fourth-order valence-corrected chi connectivity index (χ4v) is 2.89. The van der Waals surface area contributed by atoms with E-state index in [1.54, 1.807) is 24.3 Å². The molecule has 0 aliphatic heterocycles. The summed E-state index contributed by atoms with van der Waals surface area (Å²) in [6.45, 7) is 2.31. The molecule has 150 valence electrons. The molecule has 0 unspecified atom stereocenters. The quantitative estimate of drug-likeness (QED) is 0.283. The Labute approximate surface area is 181 Å². The zero-order valence-electron chi connectivity index (χ0n) is 15.1. The van der Waals surface area contributed by atoms with Gasteiger partial charge < -0.3 is 30.6 Å². The predicted octanol–water partition coefficient (Wildman–Crippen LogP) is 3.16. The maximum absolute atomic E-state index is 10.0. The van der Waals surface area contributed by atoms with Crippen molar-refractivity contribution in [2.45, 2.75) is 45.7 Å². The Kier molecular flexibility index (Phi) is 9.72. The standard InChI is InChI=1S/C19H24O6.I2/c1-19(2,15-3-11(7-20)17(24)12(4-15)8-21)16-5-13(9-22)18(25)14(6-16)10-23;1-2/h3-6,20-25H,7-10H2,1-2H3;. The van der Waals surface area contributed by atoms with Crippen molar-refractivity contribution in [3.63, 3.8) is 0 Å². The first-order valence-electron chi connectivity index (χ1n) is 8.08. The lowest BCUT2D eigenvalue weighted by Crippen LogP contribution is -2.20. The Morgan fingerprint density at radius 2 is 0.852 bits per heavy atom. The van der Waals surface area contributed by atoms with Gasteiger partial charge in [-0.3, -0.25) is 0 Å². The van der Waals surface area contributed by atoms with E-state index in [2.05, 4.69) is 37.2 Å². The van der Waals surface area contributed by atoms with Gasteiger partial charge in [-0.2, -0.15) is 0 Å². The predicted molar refractivity (Wildman–Crippen MR) is 120 cm³/mol. The van der Waals surface area contributed by atoms with Crippen molar-refractivity contribution in [3.05, 3.63) is 57.6 Å². The highest BCUT2D eigenvalue weighted by molar-refractivity contribution is 15.0. The third kappa shape index (κ3) is 5.24. The van der Waals surface area contributed by atoms with Crippen molar-refractivity contribution >= 4 is 37.2 Å². The Bertz CT molecular complexity index is 663. The Balaban J connectivity index is 0.00000176. The van der Waals surface area contributed by atoms with Gasteiger partial charge in [0.15, 0.2) is 0 Å². The van der Waals surface area contributed by atoms with Crippen molar-refractivity contribution in [1.82, 2.24) is 0 Å². The highest BCUT2D eigenvalue weighted by atomic mass is 128. The summed E-state index contributed by atoms with van der Waals surface area (Å²) in [4.78, 5) is 0. The maximum atomic E-state index is 10.0. The molecule has 8 heteroatoms. The number of phenols is 2. The van der Waals surface area contributed by atoms with E-state index in [-0.39, 0.29) is 37.9 Å². The zero-order valence-corrected chi connectivity index (χ0v) is 19.4. The van der Waals surface area contributed by atoms with Crippen LogP contribution in [0.2, 0.25) is 0 Å². The van der Waals surface area contributed by atoms with E-state index in [9.17, 15) is 30.6 Å². The van der Waals surface area contributed by atoms with E-state index < -0.39 is 5.41 Å². The summed E-state index contributed by atoms with van der Waals surface area (Å²) in [5.74, 6) is -0.273. The SMILES string of the molecule is CC(C)(c1cc(CO)c(O)c(CO)c1)c1cc(CO)c(O)c(CO)c1.II. The van der Waals surface area contributed by atoms with Crippen LogP contribution in [0.5, 0.6) is 11.5 Å². The smallest absolute Gasteiger partial charge is 0.126 e. The van der Waals surface area contributed by atoms with Crippen LogP contribution in [0.3, 0.4) is 0 Å². The van der Waals surface area contributed by atoms with Crippen LogP contribution < -0.4 is 0 Å². The van der Waals surface area contributed by atoms with Crippen molar-refractivity contribution < 1.29 is 30.6 Å². The van der Waals surface area contributed by atoms with Gasteiger partial charge in [-0.05, 0) is 35.4 Å². The summed E-state index contributed by atoms with van der Waals surface area (Å²) >= 11 is 4.24. The Morgan fingerprint density at radius 3 is 1.04 bits per heavy atom. The molecule has 2 rings (SSSR count). The molecule has 6 nitrogen and oxygen atoms in total. The van der Waals surface area contributed by atoms with Crippen LogP contribution in [0.25, 0.3) is 0 Å². The number of aromatic hydroxyl groups is 2. The van der Waals surface area contributed by atoms with Crippen LogP contribution in [-0.4, -0.2) is 30.6 Å². The molecule has 0 saturated heterocycles. The van der Waals surface area contributed by atoms with Crippen LogP contribution in [0.1, 0.15) is 47.2 Å². The van der Waals surface area contributed by atoms with E-state index >= 15 is 0 Å². The lowest BCUT2D eigenvalue weighted by molar-refractivity contribution is 0.263. The highest BCUT2D eigenvalue weighted by Gasteiger charge is 2.27. The van der Waals surface area contributed by atoms with E-state index in [1.165, 1.54) is 0 Å². The van der Waals surface area contributed by atoms with Gasteiger partial charge in [0.25, 0.3) is 0 Å². The summed E-state index contributed by atoms with van der Waals surface area (Å²) in [6, 6.07) is 6.61. The third-order valence-corrected chi connectivity index (χ3v) is 4.66. The molecule has 6 N–H and O–H groups in total. The van der Waals surface area contributed by atoms with Crippen LogP contribution in [0, 0.1) is 0 Å². The van der Waals surface area contributed by atoms with Crippen molar-refractivity contribution in [2.75, 3.05) is 0 Å². The molecule has 0 bridgehead atoms. The van der Waals surface area contributed by atoms with Gasteiger partial charge in [0, 0.05) is 64.9 Å². The van der Waals surface area contributed by atoms with E-state index in [1.807, 2.05) is 13.8 Å². The molecule has 2 aromatic carbocycles. The molecular weight excluding hydrogens is 578 g/mol. The third-order valence-electron chi connectivity index (χ3n) is 4.66. The van der Waals surface area contributed by atoms with Crippen molar-refractivity contribution in [2.24, 2.45) is 0 Å². The van der Waals surface area contributed by atoms with E-state index in [4.69, 9.17) is 0 Å². The fraction of sp³-hybridized carbons (Fsp3) is 0.368. The number of rotatable bonds is 6. The van der Waals surface area contributed by atoms with E-state index in [0.717, 1.165) is 11.1 Å². The van der Waals surface area contributed by atoms with Crippen LogP contribution in [-0.2, 0) is 31.8 Å². The highest BCUT2D eigenvalue weighted by Crippen LogP contribution is 2.38. The largest absolute Gasteiger partial charge is 0.507 e. The average molecular weight is 602 g/mol. The van der Waals surface area contributed by atoms with Crippen molar-refractivity contribution in [3.8, 4) is 11.5 Å². The van der Waals surface area contributed by atoms with E-state index in [0.29, 0.717) is 22.3 Å². The van der Waals surface area contributed by atoms with Gasteiger partial charge in [0.1, 0.15) is 11.5 Å². The molecular formula is C19H24I2O6. The minimum Gasteiger partial charge on any atom is -0.507 e. The van der Waals surface area contributed by atoms with Gasteiger partial charge in [-0.15, -0.1) is 0 Å². The summed E-state index contributed by atoms with van der Waals surface area (Å²) in [5.41, 5.74) is 2.05. The minimum atomic E-state index is -0.636. The first-order valence-corrected chi connectivity index (χ1v) is 14.4. The molecule has 0 aliphatic carbocycles. The van der Waals surface area contributed by atoms with Crippen molar-refractivity contribution in [1.29, 1.82) is 0 Å². The Morgan fingerprint density at radius 1 is 0.630 bits per heavy atom. The number of benzene rings is 2. The topological polar surface area (TPSA) is 121 Å². The van der Waals surface area contributed by atoms with Crippen LogP contribution in [0.4, 0.5) is 0 Å². The summed E-state index contributed by atoms with van der Waals surface area (Å²) < 4.78 is 0. The monoisotopic (exact) mass is 602 g/mol. The number of aliphatic hydroxyl groups is 4. The molecule has 0 aromatic heterocycles. The summed E-state index contributed by atoms with van der Waals surface area (Å²) in [6.07, 6.45) is 0. The van der Waals surface area contributed by atoms with Gasteiger partial charge in [-0.1, -0.05) is 13.8 Å². The fourth-order valence-electron chi connectivity index (χ4n) is 2.89. The lowest BCUT2D eigenvalue weighted by atomic mass is 9.76. The average Bonchev–Trinajstić information content (AvgIpc) is 2.69. The van der Waals surface area contributed by atoms with Crippen LogP contribution in [0.15, 0.2) is 24.3 Å². The molecule has 0 amide bonds. The zero-order chi connectivity index (χ0) is 20.8. The molecule has 0 saturated carbocycles. The van der Waals surface area contributed by atoms with Crippen LogP contribution >= 0.6 is 37.2 Å². The number of halogens is 2. The first kappa shape index (κ1) is 24.4. The summed E-state index contributed by atoms with van der Waals surface area (Å²) in [7, 11) is 0. The minimum absolute atomic E-state index is 0.137. The molecule has 2 aromatic rings. The van der Waals surface area contributed by atoms with Gasteiger partial charge >= 0.3 is 0 Å².